The Morgan fingerprint density at radius 3 is 2.36 bits per heavy atom. The highest BCUT2D eigenvalue weighted by Crippen LogP contribution is 2.56. The topological polar surface area (TPSA) is 9.23 Å². The first-order chi connectivity index (χ1) is 13.3. The van der Waals surface area contributed by atoms with Crippen molar-refractivity contribution in [2.45, 2.75) is 104 Å². The predicted molar refractivity (Wildman–Crippen MR) is 121 cm³/mol. The maximum absolute atomic E-state index is 5.84. The van der Waals surface area contributed by atoms with E-state index in [1.807, 2.05) is 0 Å². The van der Waals surface area contributed by atoms with Crippen LogP contribution in [0, 0.1) is 35.0 Å². The van der Waals surface area contributed by atoms with E-state index in [4.69, 9.17) is 4.74 Å². The van der Waals surface area contributed by atoms with Crippen molar-refractivity contribution in [2.24, 2.45) is 35.0 Å². The molecule has 2 fully saturated rings. The van der Waals surface area contributed by atoms with Gasteiger partial charge in [0.2, 0.25) is 0 Å². The quantitative estimate of drug-likeness (QED) is 0.365. The van der Waals surface area contributed by atoms with Gasteiger partial charge in [0.15, 0.2) is 0 Å². The molecule has 2 saturated carbocycles. The SMILES string of the molecule is CC(C)(C)OCCCCCCC1CCC(C(C)(C)C2CCC3C=CC=CC32)C1. The number of allylic oxidation sites excluding steroid dienone is 4. The van der Waals surface area contributed by atoms with Gasteiger partial charge in [0.25, 0.3) is 0 Å². The lowest BCUT2D eigenvalue weighted by Gasteiger charge is -2.41. The fraction of sp³-hybridized carbons (Fsp3) is 0.852. The van der Waals surface area contributed by atoms with Gasteiger partial charge in [-0.3, -0.25) is 0 Å². The van der Waals surface area contributed by atoms with Crippen LogP contribution >= 0.6 is 0 Å². The molecule has 0 bridgehead atoms. The van der Waals surface area contributed by atoms with Crippen LogP contribution in [0.3, 0.4) is 0 Å². The monoisotopic (exact) mass is 386 g/mol. The van der Waals surface area contributed by atoms with Crippen LogP contribution in [-0.4, -0.2) is 12.2 Å². The van der Waals surface area contributed by atoms with E-state index in [0.29, 0.717) is 5.41 Å². The highest BCUT2D eigenvalue weighted by molar-refractivity contribution is 5.18. The van der Waals surface area contributed by atoms with Gasteiger partial charge >= 0.3 is 0 Å². The van der Waals surface area contributed by atoms with Gasteiger partial charge in [-0.1, -0.05) is 70.3 Å². The second kappa shape index (κ2) is 9.50. The fourth-order valence-electron chi connectivity index (χ4n) is 6.41. The molecule has 28 heavy (non-hydrogen) atoms. The molecule has 0 aromatic rings. The normalized spacial score (nSPS) is 32.8. The zero-order valence-corrected chi connectivity index (χ0v) is 19.4. The molecule has 0 aromatic carbocycles. The van der Waals surface area contributed by atoms with Crippen LogP contribution in [0.4, 0.5) is 0 Å². The minimum absolute atomic E-state index is 0.0225. The Labute approximate surface area is 175 Å². The van der Waals surface area contributed by atoms with E-state index < -0.39 is 0 Å². The Bertz CT molecular complexity index is 535. The van der Waals surface area contributed by atoms with Crippen molar-refractivity contribution in [1.29, 1.82) is 0 Å². The number of ether oxygens (including phenoxy) is 1. The van der Waals surface area contributed by atoms with Crippen LogP contribution in [-0.2, 0) is 4.74 Å². The number of fused-ring (bicyclic) bond motifs is 1. The number of hydrogen-bond donors (Lipinski definition) is 0. The molecule has 0 N–H and O–H groups in total. The lowest BCUT2D eigenvalue weighted by Crippen LogP contribution is -2.34. The summed E-state index contributed by atoms with van der Waals surface area (Å²) in [5.74, 6) is 4.48. The average Bonchev–Trinajstić information content (AvgIpc) is 3.27. The summed E-state index contributed by atoms with van der Waals surface area (Å²) in [4.78, 5) is 0. The van der Waals surface area contributed by atoms with Gasteiger partial charge in [-0.25, -0.2) is 0 Å². The van der Waals surface area contributed by atoms with E-state index >= 15 is 0 Å². The summed E-state index contributed by atoms with van der Waals surface area (Å²) in [6.07, 6.45) is 23.7. The molecule has 0 amide bonds. The van der Waals surface area contributed by atoms with Crippen molar-refractivity contribution in [1.82, 2.24) is 0 Å². The molecule has 3 aliphatic carbocycles. The second-order valence-electron chi connectivity index (χ2n) is 11.6. The van der Waals surface area contributed by atoms with E-state index in [-0.39, 0.29) is 5.60 Å². The highest BCUT2D eigenvalue weighted by atomic mass is 16.5. The number of hydrogen-bond acceptors (Lipinski definition) is 1. The maximum Gasteiger partial charge on any atom is 0.0598 e. The minimum atomic E-state index is 0.0225. The van der Waals surface area contributed by atoms with Crippen LogP contribution in [0.25, 0.3) is 0 Å². The molecule has 0 saturated heterocycles. The Morgan fingerprint density at radius 2 is 1.57 bits per heavy atom. The summed E-state index contributed by atoms with van der Waals surface area (Å²) in [5.41, 5.74) is 0.530. The standard InChI is InChI=1S/C27H46O/c1-26(2,3)28-19-11-7-6-8-12-21-15-17-23(20-21)27(4,5)25-18-16-22-13-9-10-14-24(22)25/h9-10,13-14,21-25H,6-8,11-12,15-20H2,1-5H3. The molecule has 3 aliphatic rings. The molecule has 1 nitrogen and oxygen atoms in total. The van der Waals surface area contributed by atoms with Crippen molar-refractivity contribution < 1.29 is 4.74 Å². The first-order valence-electron chi connectivity index (χ1n) is 12.3. The molecule has 0 radical (unpaired) electrons. The first kappa shape index (κ1) is 22.1. The Kier molecular flexibility index (Phi) is 7.51. The average molecular weight is 387 g/mol. The maximum atomic E-state index is 5.84. The molecule has 0 spiro atoms. The molecule has 3 rings (SSSR count). The second-order valence-corrected chi connectivity index (χ2v) is 11.6. The van der Waals surface area contributed by atoms with E-state index in [1.165, 1.54) is 64.2 Å². The van der Waals surface area contributed by atoms with Gasteiger partial charge in [0, 0.05) is 6.61 Å². The van der Waals surface area contributed by atoms with E-state index in [1.54, 1.807) is 0 Å². The molecule has 0 heterocycles. The Hall–Kier alpha value is -0.560. The van der Waals surface area contributed by atoms with Gasteiger partial charge in [0.1, 0.15) is 0 Å². The highest BCUT2D eigenvalue weighted by Gasteiger charge is 2.47. The smallest absolute Gasteiger partial charge is 0.0598 e. The van der Waals surface area contributed by atoms with Crippen LogP contribution in [0.2, 0.25) is 0 Å². The molecule has 5 atom stereocenters. The summed E-state index contributed by atoms with van der Waals surface area (Å²) in [6.45, 7) is 12.6. The van der Waals surface area contributed by atoms with Crippen molar-refractivity contribution in [2.75, 3.05) is 6.61 Å². The molecule has 0 aliphatic heterocycles. The number of rotatable bonds is 9. The third-order valence-electron chi connectivity index (χ3n) is 8.16. The number of unbranched alkanes of at least 4 members (excludes halogenated alkanes) is 3. The lowest BCUT2D eigenvalue weighted by molar-refractivity contribution is -0.00476. The van der Waals surface area contributed by atoms with Gasteiger partial charge in [-0.05, 0) is 87.9 Å². The third-order valence-corrected chi connectivity index (χ3v) is 8.16. The van der Waals surface area contributed by atoms with Gasteiger partial charge in [0.05, 0.1) is 5.60 Å². The largest absolute Gasteiger partial charge is 0.376 e. The van der Waals surface area contributed by atoms with Crippen LogP contribution in [0.1, 0.15) is 98.8 Å². The molecule has 0 aromatic heterocycles. The van der Waals surface area contributed by atoms with Crippen LogP contribution in [0.15, 0.2) is 24.3 Å². The molecule has 160 valence electrons. The third kappa shape index (κ3) is 5.74. The van der Waals surface area contributed by atoms with Crippen molar-refractivity contribution in [3.63, 3.8) is 0 Å². The molecular weight excluding hydrogens is 340 g/mol. The van der Waals surface area contributed by atoms with Crippen LogP contribution in [0.5, 0.6) is 0 Å². The summed E-state index contributed by atoms with van der Waals surface area (Å²) in [7, 11) is 0. The van der Waals surface area contributed by atoms with E-state index in [0.717, 1.165) is 36.2 Å². The molecular formula is C27H46O. The van der Waals surface area contributed by atoms with Gasteiger partial charge in [-0.15, -0.1) is 0 Å². The molecule has 5 unspecified atom stereocenters. The Balaban J connectivity index is 1.36. The zero-order chi connectivity index (χ0) is 20.2. The predicted octanol–water partition coefficient (Wildman–Crippen LogP) is 7.96. The van der Waals surface area contributed by atoms with Crippen molar-refractivity contribution >= 4 is 0 Å². The van der Waals surface area contributed by atoms with Gasteiger partial charge < -0.3 is 4.74 Å². The van der Waals surface area contributed by atoms with E-state index in [9.17, 15) is 0 Å². The minimum Gasteiger partial charge on any atom is -0.376 e. The van der Waals surface area contributed by atoms with Crippen molar-refractivity contribution in [3.8, 4) is 0 Å². The Morgan fingerprint density at radius 1 is 0.821 bits per heavy atom. The van der Waals surface area contributed by atoms with Gasteiger partial charge in [-0.2, -0.15) is 0 Å². The lowest BCUT2D eigenvalue weighted by atomic mass is 9.64. The fourth-order valence-corrected chi connectivity index (χ4v) is 6.41. The summed E-state index contributed by atoms with van der Waals surface area (Å²) in [5, 5.41) is 0. The summed E-state index contributed by atoms with van der Waals surface area (Å²) >= 11 is 0. The van der Waals surface area contributed by atoms with Crippen LogP contribution < -0.4 is 0 Å². The molecule has 1 heteroatoms. The summed E-state index contributed by atoms with van der Waals surface area (Å²) in [6, 6.07) is 0. The zero-order valence-electron chi connectivity index (χ0n) is 19.4. The van der Waals surface area contributed by atoms with E-state index in [2.05, 4.69) is 58.9 Å². The first-order valence-corrected chi connectivity index (χ1v) is 12.3. The van der Waals surface area contributed by atoms with Crippen molar-refractivity contribution in [3.05, 3.63) is 24.3 Å². The summed E-state index contributed by atoms with van der Waals surface area (Å²) < 4.78 is 5.84.